The molecular formula is C8H9ClN2O. The summed E-state index contributed by atoms with van der Waals surface area (Å²) < 4.78 is 5.14. The summed E-state index contributed by atoms with van der Waals surface area (Å²) in [5, 5.41) is 0.455. The molecule has 0 saturated carbocycles. The minimum Gasteiger partial charge on any atom is -0.492 e. The average molecular weight is 185 g/mol. The highest BCUT2D eigenvalue weighted by Gasteiger charge is 2.05. The van der Waals surface area contributed by atoms with Crippen molar-refractivity contribution in [2.24, 2.45) is 0 Å². The van der Waals surface area contributed by atoms with Gasteiger partial charge in [0.25, 0.3) is 0 Å². The quantitative estimate of drug-likeness (QED) is 0.676. The molecule has 0 atom stereocenters. The van der Waals surface area contributed by atoms with E-state index in [9.17, 15) is 0 Å². The summed E-state index contributed by atoms with van der Waals surface area (Å²) in [7, 11) is 0. The number of ether oxygens (including phenoxy) is 1. The molecule has 0 N–H and O–H groups in total. The van der Waals surface area contributed by atoms with Crippen molar-refractivity contribution in [2.45, 2.75) is 6.92 Å². The fraction of sp³-hybridized carbons (Fsp3) is 0.250. The van der Waals surface area contributed by atoms with Gasteiger partial charge in [-0.05, 0) is 6.92 Å². The lowest BCUT2D eigenvalue weighted by Gasteiger charge is -2.05. The van der Waals surface area contributed by atoms with E-state index in [-0.39, 0.29) is 0 Å². The molecule has 1 aromatic heterocycles. The van der Waals surface area contributed by atoms with Crippen molar-refractivity contribution < 1.29 is 4.74 Å². The maximum Gasteiger partial charge on any atom is 0.139 e. The second-order valence-electron chi connectivity index (χ2n) is 2.08. The molecule has 0 saturated heterocycles. The van der Waals surface area contributed by atoms with E-state index in [1.807, 2.05) is 6.92 Å². The van der Waals surface area contributed by atoms with Crippen LogP contribution in [0.25, 0.3) is 5.76 Å². The number of hydrogen-bond donors (Lipinski definition) is 0. The van der Waals surface area contributed by atoms with Crippen LogP contribution in [-0.2, 0) is 4.74 Å². The Kier molecular flexibility index (Phi) is 3.05. The predicted octanol–water partition coefficient (Wildman–Crippen LogP) is 2.14. The van der Waals surface area contributed by atoms with Gasteiger partial charge in [-0.25, -0.2) is 9.97 Å². The Balaban J connectivity index is 2.87. The zero-order valence-corrected chi connectivity index (χ0v) is 7.51. The summed E-state index contributed by atoms with van der Waals surface area (Å²) in [6.45, 7) is 6.11. The second kappa shape index (κ2) is 4.07. The molecule has 1 aromatic rings. The zero-order chi connectivity index (χ0) is 8.97. The maximum absolute atomic E-state index is 5.79. The highest BCUT2D eigenvalue weighted by Crippen LogP contribution is 2.19. The van der Waals surface area contributed by atoms with Gasteiger partial charge in [-0.2, -0.15) is 0 Å². The van der Waals surface area contributed by atoms with Gasteiger partial charge in [0, 0.05) is 6.20 Å². The molecule has 1 rings (SSSR count). The average Bonchev–Trinajstić information content (AvgIpc) is 2.05. The zero-order valence-electron chi connectivity index (χ0n) is 6.75. The van der Waals surface area contributed by atoms with Gasteiger partial charge in [0.1, 0.15) is 17.8 Å². The summed E-state index contributed by atoms with van der Waals surface area (Å²) in [5.74, 6) is 0.477. The molecule has 0 radical (unpaired) electrons. The standard InChI is InChI=1S/C8H9ClN2O/c1-3-12-6(2)8-7(9)4-10-5-11-8/h4-5H,2-3H2,1H3. The van der Waals surface area contributed by atoms with E-state index in [1.54, 1.807) is 0 Å². The minimum absolute atomic E-state index is 0.455. The van der Waals surface area contributed by atoms with Crippen LogP contribution in [0, 0.1) is 0 Å². The van der Waals surface area contributed by atoms with Gasteiger partial charge < -0.3 is 4.74 Å². The fourth-order valence-corrected chi connectivity index (χ4v) is 0.971. The lowest BCUT2D eigenvalue weighted by Crippen LogP contribution is -1.94. The van der Waals surface area contributed by atoms with Crippen LogP contribution in [0.1, 0.15) is 12.6 Å². The Morgan fingerprint density at radius 1 is 1.75 bits per heavy atom. The summed E-state index contributed by atoms with van der Waals surface area (Å²) in [4.78, 5) is 7.68. The molecule has 4 heteroatoms. The van der Waals surface area contributed by atoms with Crippen molar-refractivity contribution >= 4 is 17.4 Å². The molecule has 0 aromatic carbocycles. The molecule has 0 aliphatic heterocycles. The smallest absolute Gasteiger partial charge is 0.139 e. The molecule has 3 nitrogen and oxygen atoms in total. The van der Waals surface area contributed by atoms with Gasteiger partial charge in [0.2, 0.25) is 0 Å². The Bertz CT molecular complexity index is 288. The first-order valence-corrected chi connectivity index (χ1v) is 3.91. The molecule has 0 aliphatic rings. The molecule has 0 fully saturated rings. The van der Waals surface area contributed by atoms with Gasteiger partial charge in [-0.15, -0.1) is 0 Å². The van der Waals surface area contributed by atoms with E-state index < -0.39 is 0 Å². The third-order valence-electron chi connectivity index (χ3n) is 1.25. The second-order valence-corrected chi connectivity index (χ2v) is 2.48. The Hall–Kier alpha value is -1.09. The largest absolute Gasteiger partial charge is 0.492 e. The molecule has 0 spiro atoms. The molecule has 12 heavy (non-hydrogen) atoms. The van der Waals surface area contributed by atoms with E-state index in [0.29, 0.717) is 23.1 Å². The van der Waals surface area contributed by atoms with Crippen LogP contribution in [0.5, 0.6) is 0 Å². The number of hydrogen-bond acceptors (Lipinski definition) is 3. The molecule has 0 unspecified atom stereocenters. The van der Waals surface area contributed by atoms with Gasteiger partial charge in [0.15, 0.2) is 0 Å². The number of rotatable bonds is 3. The van der Waals surface area contributed by atoms with E-state index in [0.717, 1.165) is 0 Å². The monoisotopic (exact) mass is 184 g/mol. The van der Waals surface area contributed by atoms with Crippen molar-refractivity contribution in [3.8, 4) is 0 Å². The van der Waals surface area contributed by atoms with E-state index >= 15 is 0 Å². The van der Waals surface area contributed by atoms with Crippen LogP contribution in [0.4, 0.5) is 0 Å². The summed E-state index contributed by atoms with van der Waals surface area (Å²) in [5.41, 5.74) is 0.550. The summed E-state index contributed by atoms with van der Waals surface area (Å²) in [6, 6.07) is 0. The van der Waals surface area contributed by atoms with Gasteiger partial charge in [-0.1, -0.05) is 18.2 Å². The highest BCUT2D eigenvalue weighted by atomic mass is 35.5. The normalized spacial score (nSPS) is 9.50. The van der Waals surface area contributed by atoms with Crippen LogP contribution in [0.15, 0.2) is 19.1 Å². The van der Waals surface area contributed by atoms with Crippen LogP contribution < -0.4 is 0 Å². The minimum atomic E-state index is 0.455. The third-order valence-corrected chi connectivity index (χ3v) is 1.53. The van der Waals surface area contributed by atoms with E-state index in [4.69, 9.17) is 16.3 Å². The maximum atomic E-state index is 5.79. The molecule has 0 amide bonds. The Morgan fingerprint density at radius 2 is 2.50 bits per heavy atom. The van der Waals surface area contributed by atoms with Crippen molar-refractivity contribution in [1.29, 1.82) is 0 Å². The molecular weight excluding hydrogens is 176 g/mol. The van der Waals surface area contributed by atoms with Gasteiger partial charge in [0.05, 0.1) is 11.6 Å². The Morgan fingerprint density at radius 3 is 3.08 bits per heavy atom. The first kappa shape index (κ1) is 9.00. The fourth-order valence-electron chi connectivity index (χ4n) is 0.760. The first-order chi connectivity index (χ1) is 5.75. The number of nitrogens with zero attached hydrogens (tertiary/aromatic N) is 2. The third kappa shape index (κ3) is 1.95. The first-order valence-electron chi connectivity index (χ1n) is 3.53. The Labute approximate surface area is 76.1 Å². The van der Waals surface area contributed by atoms with Gasteiger partial charge >= 0.3 is 0 Å². The van der Waals surface area contributed by atoms with Crippen LogP contribution in [0.3, 0.4) is 0 Å². The predicted molar refractivity (Wildman–Crippen MR) is 47.7 cm³/mol. The van der Waals surface area contributed by atoms with Crippen molar-refractivity contribution in [1.82, 2.24) is 9.97 Å². The summed E-state index contributed by atoms with van der Waals surface area (Å²) >= 11 is 5.79. The van der Waals surface area contributed by atoms with E-state index in [1.165, 1.54) is 12.5 Å². The van der Waals surface area contributed by atoms with Crippen molar-refractivity contribution in [3.05, 3.63) is 29.8 Å². The van der Waals surface area contributed by atoms with E-state index in [2.05, 4.69) is 16.5 Å². The van der Waals surface area contributed by atoms with Crippen LogP contribution in [-0.4, -0.2) is 16.6 Å². The van der Waals surface area contributed by atoms with Crippen molar-refractivity contribution in [2.75, 3.05) is 6.61 Å². The van der Waals surface area contributed by atoms with Crippen molar-refractivity contribution in [3.63, 3.8) is 0 Å². The number of aromatic nitrogens is 2. The molecule has 1 heterocycles. The lowest BCUT2D eigenvalue weighted by molar-refractivity contribution is 0.297. The number of halogens is 1. The SMILES string of the molecule is C=C(OCC)c1ncncc1Cl. The van der Waals surface area contributed by atoms with Gasteiger partial charge in [-0.3, -0.25) is 0 Å². The topological polar surface area (TPSA) is 35.0 Å². The molecule has 64 valence electrons. The highest BCUT2D eigenvalue weighted by molar-refractivity contribution is 6.31. The molecule has 0 bridgehead atoms. The molecule has 0 aliphatic carbocycles. The lowest BCUT2D eigenvalue weighted by atomic mass is 10.3. The summed E-state index contributed by atoms with van der Waals surface area (Å²) in [6.07, 6.45) is 2.92. The van der Waals surface area contributed by atoms with Crippen LogP contribution >= 0.6 is 11.6 Å². The van der Waals surface area contributed by atoms with Crippen LogP contribution in [0.2, 0.25) is 5.02 Å².